The minimum Gasteiger partial charge on any atom is -0.360 e. The fourth-order valence-electron chi connectivity index (χ4n) is 16.2. The van der Waals surface area contributed by atoms with Gasteiger partial charge in [-0.3, -0.25) is 24.0 Å². The highest BCUT2D eigenvalue weighted by Gasteiger charge is 2.38. The molecular weight excluding hydrogens is 1790 g/mol. The number of carbonyl (C=O) groups excluding carboxylic acids is 5. The molecular formula is C101H94BrCl8FN8O5. The van der Waals surface area contributed by atoms with E-state index < -0.39 is 11.7 Å². The Hall–Kier alpha value is -9.88. The summed E-state index contributed by atoms with van der Waals surface area (Å²) in [5, 5.41) is 5.52. The maximum absolute atomic E-state index is 14.1. The van der Waals surface area contributed by atoms with E-state index in [1.54, 1.807) is 47.4 Å². The van der Waals surface area contributed by atoms with Gasteiger partial charge in [0.25, 0.3) is 5.91 Å². The predicted molar refractivity (Wildman–Crippen MR) is 511 cm³/mol. The summed E-state index contributed by atoms with van der Waals surface area (Å²) >= 11 is 54.4. The van der Waals surface area contributed by atoms with Crippen LogP contribution in [0.5, 0.6) is 0 Å². The number of nitrogens with zero attached hydrogens (tertiary/aromatic N) is 8. The fourth-order valence-corrected chi connectivity index (χ4v) is 18.5. The second-order valence-electron chi connectivity index (χ2n) is 31.5. The van der Waals surface area contributed by atoms with Gasteiger partial charge in [-0.15, -0.1) is 0 Å². The fraction of sp³-hybridized carbons (Fsp3) is 0.238. The number of hydrogen-bond acceptors (Lipinski definition) is 9. The summed E-state index contributed by atoms with van der Waals surface area (Å²) in [6.07, 6.45) is 0.844. The number of piperazine rings is 4. The molecule has 16 rings (SSSR count). The van der Waals surface area contributed by atoms with Gasteiger partial charge >= 0.3 is 0 Å². The van der Waals surface area contributed by atoms with Crippen molar-refractivity contribution in [2.75, 3.05) is 98.1 Å². The van der Waals surface area contributed by atoms with E-state index >= 15 is 0 Å². The predicted octanol–water partition coefficient (Wildman–Crippen LogP) is 24.6. The molecule has 0 bridgehead atoms. The van der Waals surface area contributed by atoms with Crippen molar-refractivity contribution < 1.29 is 28.4 Å². The van der Waals surface area contributed by atoms with Crippen LogP contribution >= 0.6 is 109 Å². The first kappa shape index (κ1) is 91.8. The summed E-state index contributed by atoms with van der Waals surface area (Å²) in [7, 11) is 0. The van der Waals surface area contributed by atoms with Gasteiger partial charge in [0.15, 0.2) is 0 Å². The van der Waals surface area contributed by atoms with E-state index in [0.29, 0.717) is 126 Å². The summed E-state index contributed by atoms with van der Waals surface area (Å²) in [5.74, 6) is -1.13. The molecule has 4 atom stereocenters. The molecule has 0 aromatic heterocycles. The number of halogens is 10. The molecule has 0 radical (unpaired) electrons. The van der Waals surface area contributed by atoms with Gasteiger partial charge in [0.1, 0.15) is 5.82 Å². The Morgan fingerprint density at radius 3 is 0.927 bits per heavy atom. The minimum absolute atomic E-state index is 0.00520. The third-order valence-corrected chi connectivity index (χ3v) is 26.0. The van der Waals surface area contributed by atoms with Crippen molar-refractivity contribution in [2.24, 2.45) is 0 Å². The Morgan fingerprint density at radius 1 is 0.315 bits per heavy atom. The van der Waals surface area contributed by atoms with Crippen LogP contribution < -0.4 is 19.6 Å². The summed E-state index contributed by atoms with van der Waals surface area (Å²) in [5.41, 5.74) is 16.6. The second kappa shape index (κ2) is 42.9. The number of aryl methyl sites for hydroxylation is 5. The molecule has 12 aromatic carbocycles. The molecule has 23 heteroatoms. The summed E-state index contributed by atoms with van der Waals surface area (Å²) in [6, 6.07) is 86.0. The van der Waals surface area contributed by atoms with Gasteiger partial charge in [-0.1, -0.05) is 273 Å². The normalized spacial score (nSPS) is 16.4. The number of rotatable bonds is 16. The molecule has 4 heterocycles. The molecule has 0 aliphatic carbocycles. The van der Waals surface area contributed by atoms with E-state index in [4.69, 9.17) is 92.8 Å². The summed E-state index contributed by atoms with van der Waals surface area (Å²) in [6.45, 7) is 17.1. The van der Waals surface area contributed by atoms with Crippen LogP contribution in [0.1, 0.15) is 101 Å². The number of hydrogen-bond donors (Lipinski definition) is 0. The first-order valence-electron chi connectivity index (χ1n) is 41.1. The van der Waals surface area contributed by atoms with E-state index in [1.165, 1.54) is 6.07 Å². The van der Waals surface area contributed by atoms with Gasteiger partial charge in [-0.05, 0) is 211 Å². The third-order valence-electron chi connectivity index (χ3n) is 23.0. The molecule has 0 saturated carbocycles. The number of ketones is 1. The molecule has 4 saturated heterocycles. The maximum atomic E-state index is 14.1. The lowest BCUT2D eigenvalue weighted by atomic mass is 9.99. The second-order valence-corrected chi connectivity index (χ2v) is 35.7. The Kier molecular flexibility index (Phi) is 31.7. The Bertz CT molecular complexity index is 5350. The molecule has 12 aromatic rings. The van der Waals surface area contributed by atoms with E-state index in [9.17, 15) is 28.4 Å². The average Bonchev–Trinajstić information content (AvgIpc) is 0.799. The Balaban J connectivity index is 0.000000142. The Labute approximate surface area is 774 Å². The maximum Gasteiger partial charge on any atom is 0.295 e. The first-order chi connectivity index (χ1) is 59.7. The largest absolute Gasteiger partial charge is 0.360 e. The molecule has 638 valence electrons. The van der Waals surface area contributed by atoms with Crippen LogP contribution in [0.4, 0.5) is 27.1 Å². The van der Waals surface area contributed by atoms with Crippen molar-refractivity contribution in [3.63, 3.8) is 0 Å². The minimum atomic E-state index is -0.489. The van der Waals surface area contributed by atoms with E-state index in [1.807, 2.05) is 237 Å². The smallest absolute Gasteiger partial charge is 0.295 e. The number of Topliss-reactive ketones (excluding diaryl/α,β-unsaturated/α-hetero) is 1. The van der Waals surface area contributed by atoms with Crippen molar-refractivity contribution in [3.05, 3.63) is 396 Å². The average molecular weight is 1880 g/mol. The molecule has 13 nitrogen and oxygen atoms in total. The van der Waals surface area contributed by atoms with Crippen LogP contribution in [0.25, 0.3) is 0 Å². The zero-order chi connectivity index (χ0) is 87.8. The topological polar surface area (TPSA) is 111 Å². The third kappa shape index (κ3) is 23.4. The Morgan fingerprint density at radius 2 is 0.597 bits per heavy atom. The number of carbonyl (C=O) groups is 5. The lowest BCUT2D eigenvalue weighted by Crippen LogP contribution is -2.52. The van der Waals surface area contributed by atoms with E-state index in [-0.39, 0.29) is 54.1 Å². The molecule has 4 aliphatic rings. The lowest BCUT2D eigenvalue weighted by Gasteiger charge is -2.43. The number of anilines is 4. The van der Waals surface area contributed by atoms with Crippen molar-refractivity contribution >= 4 is 161 Å². The van der Waals surface area contributed by atoms with Crippen LogP contribution in [0.15, 0.2) is 277 Å². The highest BCUT2D eigenvalue weighted by Crippen LogP contribution is 2.42. The standard InChI is InChI=1S/C26H26Cl2N2O.C25H23BrCl2N2O.C25H23Cl2FN2O.C25H22Cl2N2O2/c1-18-7-12-24(23(28)15-18)30-14-13-29(17-25(30)20-8-10-22(27)11-9-20)26(31)16-21-6-4-3-5-19(21)2;1-17-6-11-23(22(28)14-17)30-13-12-29(16-24(30)18-7-9-20(27)10-8-18)25(31)15-19-4-2-3-5-21(19)26;1-17-6-11-23(21(27)14-17)30-13-12-29(16-24(30)18-7-9-20(26)10-8-18)25(31)15-19-4-2-3-5-22(19)28;1-17-7-12-22(21(27)15-17)29-14-13-28(16-23(29)18-8-10-20(26)11-9-18)25(31)24(30)19-5-3-2-4-6-19/h3-12,15,25H,13-14,16-17H2,1-2H3;2*2-11,14,24H,12-13,15-16H2,1H3;2-12,15,23H,13-14,16H2,1H3. The van der Waals surface area contributed by atoms with Crippen LogP contribution in [0, 0.1) is 40.4 Å². The van der Waals surface area contributed by atoms with E-state index in [0.717, 1.165) is 105 Å². The summed E-state index contributed by atoms with van der Waals surface area (Å²) in [4.78, 5) is 81.4. The zero-order valence-electron chi connectivity index (χ0n) is 69.3. The number of benzene rings is 12. The molecule has 0 N–H and O–H groups in total. The van der Waals surface area contributed by atoms with Gasteiger partial charge in [-0.25, -0.2) is 4.39 Å². The van der Waals surface area contributed by atoms with Crippen molar-refractivity contribution in [3.8, 4) is 0 Å². The van der Waals surface area contributed by atoms with Crippen molar-refractivity contribution in [1.29, 1.82) is 0 Å². The van der Waals surface area contributed by atoms with Gasteiger partial charge in [-0.2, -0.15) is 0 Å². The van der Waals surface area contributed by atoms with Crippen LogP contribution in [0.3, 0.4) is 0 Å². The van der Waals surface area contributed by atoms with E-state index in [2.05, 4.69) is 72.8 Å². The lowest BCUT2D eigenvalue weighted by molar-refractivity contribution is -0.132. The zero-order valence-corrected chi connectivity index (χ0v) is 76.9. The number of amides is 4. The molecule has 4 fully saturated rings. The molecule has 0 spiro atoms. The molecule has 4 aliphatic heterocycles. The first-order valence-corrected chi connectivity index (χ1v) is 44.9. The summed E-state index contributed by atoms with van der Waals surface area (Å²) < 4.78 is 15.0. The highest BCUT2D eigenvalue weighted by atomic mass is 79.9. The molecule has 4 amide bonds. The van der Waals surface area contributed by atoms with Gasteiger partial charge in [0, 0.05) is 109 Å². The quantitative estimate of drug-likeness (QED) is 0.0690. The molecule has 124 heavy (non-hydrogen) atoms. The van der Waals surface area contributed by atoms with Crippen molar-refractivity contribution in [1.82, 2.24) is 19.6 Å². The molecule has 4 unspecified atom stereocenters. The van der Waals surface area contributed by atoms with Crippen molar-refractivity contribution in [2.45, 2.75) is 78.0 Å². The SMILES string of the molecule is Cc1ccc(N2CCN(C(=O)C(=O)c3ccccc3)CC2c2ccc(Cl)cc2)c(Cl)c1.Cc1ccc(N2CCN(C(=O)Cc3ccccc3Br)CC2c2ccc(Cl)cc2)c(Cl)c1.Cc1ccc(N2CCN(C(=O)Cc3ccccc3C)CC2c2ccc(Cl)cc2)c(Cl)c1.Cc1ccc(N2CCN(C(=O)Cc3ccccc3F)CC2c2ccc(Cl)cc2)c(Cl)c1. The van der Waals surface area contributed by atoms with Gasteiger partial charge in [0.2, 0.25) is 23.5 Å². The van der Waals surface area contributed by atoms with Gasteiger partial charge < -0.3 is 39.2 Å². The monoisotopic (exact) mass is 1880 g/mol. The van der Waals surface area contributed by atoms with Crippen LogP contribution in [-0.2, 0) is 38.4 Å². The van der Waals surface area contributed by atoms with Crippen LogP contribution in [0.2, 0.25) is 40.2 Å². The van der Waals surface area contributed by atoms with Crippen LogP contribution in [-0.4, -0.2) is 128 Å². The van der Waals surface area contributed by atoms with Gasteiger partial charge in [0.05, 0.1) is 86.3 Å². The highest BCUT2D eigenvalue weighted by molar-refractivity contribution is 9.10.